The lowest BCUT2D eigenvalue weighted by Gasteiger charge is -2.18. The molecule has 0 aliphatic carbocycles. The summed E-state index contributed by atoms with van der Waals surface area (Å²) in [7, 11) is 0. The summed E-state index contributed by atoms with van der Waals surface area (Å²) in [6.07, 6.45) is 0. The van der Waals surface area contributed by atoms with E-state index in [2.05, 4.69) is 176 Å². The monoisotopic (exact) mass is 662 g/mol. The summed E-state index contributed by atoms with van der Waals surface area (Å²) < 4.78 is 13.6. The summed E-state index contributed by atoms with van der Waals surface area (Å²) >= 11 is 0. The van der Waals surface area contributed by atoms with Gasteiger partial charge in [0.25, 0.3) is 0 Å². The first-order valence-corrected chi connectivity index (χ1v) is 17.8. The molecule has 0 amide bonds. The highest BCUT2D eigenvalue weighted by molar-refractivity contribution is 6.26. The van der Waals surface area contributed by atoms with E-state index in [1.807, 2.05) is 6.07 Å². The van der Waals surface area contributed by atoms with Crippen molar-refractivity contribution >= 4 is 65.2 Å². The smallest absolute Gasteiger partial charge is 0.143 e. The van der Waals surface area contributed by atoms with Crippen LogP contribution >= 0.6 is 0 Å². The van der Waals surface area contributed by atoms with Crippen molar-refractivity contribution in [2.75, 3.05) is 0 Å². The fourth-order valence-electron chi connectivity index (χ4n) is 8.42. The molecule has 0 saturated heterocycles. The van der Waals surface area contributed by atoms with Crippen molar-refractivity contribution in [3.63, 3.8) is 0 Å². The molecule has 0 aliphatic heterocycles. The Balaban J connectivity index is 1.20. The van der Waals surface area contributed by atoms with Crippen LogP contribution in [-0.4, -0.2) is 0 Å². The number of benzene rings is 9. The van der Waals surface area contributed by atoms with Gasteiger partial charge in [0, 0.05) is 44.5 Å². The first-order chi connectivity index (χ1) is 25.8. The Bertz CT molecular complexity index is 3100. The summed E-state index contributed by atoms with van der Waals surface area (Å²) in [6, 6.07) is 64.8. The molecule has 0 N–H and O–H groups in total. The lowest BCUT2D eigenvalue weighted by atomic mass is 9.84. The molecule has 2 heteroatoms. The number of hydrogen-bond acceptors (Lipinski definition) is 2. The maximum absolute atomic E-state index is 6.92. The van der Waals surface area contributed by atoms with Gasteiger partial charge in [-0.2, -0.15) is 0 Å². The van der Waals surface area contributed by atoms with Crippen LogP contribution in [0.4, 0.5) is 0 Å². The van der Waals surface area contributed by atoms with E-state index >= 15 is 0 Å². The lowest BCUT2D eigenvalue weighted by molar-refractivity contribution is 0.629. The van der Waals surface area contributed by atoms with Crippen molar-refractivity contribution in [3.05, 3.63) is 182 Å². The molecule has 0 fully saturated rings. The Morgan fingerprint density at radius 3 is 1.48 bits per heavy atom. The summed E-state index contributed by atoms with van der Waals surface area (Å²) in [6.45, 7) is 0. The molecule has 0 saturated carbocycles. The Labute approximate surface area is 299 Å². The van der Waals surface area contributed by atoms with Gasteiger partial charge in [0.2, 0.25) is 0 Å². The van der Waals surface area contributed by atoms with E-state index in [1.165, 1.54) is 49.0 Å². The second-order valence-corrected chi connectivity index (χ2v) is 13.5. The highest BCUT2D eigenvalue weighted by Gasteiger charge is 2.23. The van der Waals surface area contributed by atoms with Crippen LogP contribution in [0, 0.1) is 0 Å². The zero-order valence-electron chi connectivity index (χ0n) is 28.1. The average Bonchev–Trinajstić information content (AvgIpc) is 3.77. The van der Waals surface area contributed by atoms with Gasteiger partial charge in [-0.15, -0.1) is 0 Å². The van der Waals surface area contributed by atoms with E-state index in [4.69, 9.17) is 8.83 Å². The molecule has 2 nitrogen and oxygen atoms in total. The van der Waals surface area contributed by atoms with Gasteiger partial charge in [0.1, 0.15) is 22.5 Å². The molecule has 52 heavy (non-hydrogen) atoms. The molecule has 0 atom stereocenters. The maximum Gasteiger partial charge on any atom is 0.143 e. The van der Waals surface area contributed by atoms with E-state index < -0.39 is 0 Å². The largest absolute Gasteiger partial charge is 0.455 e. The highest BCUT2D eigenvalue weighted by atomic mass is 16.3. The van der Waals surface area contributed by atoms with E-state index in [1.54, 1.807) is 0 Å². The van der Waals surface area contributed by atoms with Gasteiger partial charge in [-0.25, -0.2) is 0 Å². The second-order valence-electron chi connectivity index (χ2n) is 13.5. The van der Waals surface area contributed by atoms with Gasteiger partial charge in [0.05, 0.1) is 0 Å². The minimum absolute atomic E-state index is 0.807. The maximum atomic E-state index is 6.92. The molecule has 2 aromatic heterocycles. The van der Waals surface area contributed by atoms with E-state index in [0.717, 1.165) is 60.9 Å². The number of fused-ring (bicyclic) bond motifs is 7. The lowest BCUT2D eigenvalue weighted by Crippen LogP contribution is -1.91. The molecule has 0 spiro atoms. The van der Waals surface area contributed by atoms with Crippen molar-refractivity contribution in [1.82, 2.24) is 0 Å². The fourth-order valence-corrected chi connectivity index (χ4v) is 8.42. The third-order valence-corrected chi connectivity index (χ3v) is 10.7. The predicted octanol–water partition coefficient (Wildman–Crippen LogP) is 14.5. The summed E-state index contributed by atoms with van der Waals surface area (Å²) in [5, 5.41) is 10.6. The quantitative estimate of drug-likeness (QED) is 0.175. The second kappa shape index (κ2) is 11.3. The molecular formula is C50H30O2. The zero-order chi connectivity index (χ0) is 34.2. The van der Waals surface area contributed by atoms with Crippen molar-refractivity contribution in [2.45, 2.75) is 0 Å². The van der Waals surface area contributed by atoms with Crippen LogP contribution in [0.2, 0.25) is 0 Å². The van der Waals surface area contributed by atoms with Gasteiger partial charge < -0.3 is 8.83 Å². The van der Waals surface area contributed by atoms with Gasteiger partial charge >= 0.3 is 0 Å². The molecule has 11 aromatic rings. The number of hydrogen-bond donors (Lipinski definition) is 0. The van der Waals surface area contributed by atoms with Gasteiger partial charge in [-0.05, 0) is 55.1 Å². The first-order valence-electron chi connectivity index (χ1n) is 17.8. The van der Waals surface area contributed by atoms with Gasteiger partial charge in [-0.3, -0.25) is 0 Å². The van der Waals surface area contributed by atoms with Crippen molar-refractivity contribution in [2.24, 2.45) is 0 Å². The molecule has 242 valence electrons. The molecule has 2 heterocycles. The molecule has 0 aliphatic rings. The molecule has 0 radical (unpaired) electrons. The van der Waals surface area contributed by atoms with Crippen molar-refractivity contribution in [1.29, 1.82) is 0 Å². The standard InChI is InChI=1S/C50H30O2/c1-3-16-32(17-4-1)46-43-29-42-40-27-14-28-41(50(40)52-44(42)30-45(43)51-49(46)33-18-5-2-6-19-33)48-38-24-11-9-22-36(38)47(37-23-10-12-25-39(37)48)35-26-13-20-31-15-7-8-21-34(31)35/h1-30H. The van der Waals surface area contributed by atoms with Crippen LogP contribution in [0.3, 0.4) is 0 Å². The highest BCUT2D eigenvalue weighted by Crippen LogP contribution is 2.49. The topological polar surface area (TPSA) is 26.3 Å². The molecule has 0 bridgehead atoms. The zero-order valence-corrected chi connectivity index (χ0v) is 28.1. The van der Waals surface area contributed by atoms with Crippen LogP contribution in [0.15, 0.2) is 191 Å². The third-order valence-electron chi connectivity index (χ3n) is 10.7. The SMILES string of the molecule is c1ccc(-c2oc3cc4oc5c(-c6c7ccccc7c(-c7cccc8ccccc78)c7ccccc67)cccc5c4cc3c2-c2ccccc2)cc1. The Hall–Kier alpha value is -6.90. The summed E-state index contributed by atoms with van der Waals surface area (Å²) in [4.78, 5) is 0. The van der Waals surface area contributed by atoms with Gasteiger partial charge in [0.15, 0.2) is 0 Å². The number of para-hydroxylation sites is 1. The number of rotatable bonds is 4. The Kier molecular flexibility index (Phi) is 6.28. The first kappa shape index (κ1) is 28.9. The van der Waals surface area contributed by atoms with Crippen molar-refractivity contribution in [3.8, 4) is 44.7 Å². The van der Waals surface area contributed by atoms with Crippen LogP contribution in [0.5, 0.6) is 0 Å². The third kappa shape index (κ3) is 4.25. The van der Waals surface area contributed by atoms with Crippen molar-refractivity contribution < 1.29 is 8.83 Å². The fraction of sp³-hybridized carbons (Fsp3) is 0. The molecule has 11 rings (SSSR count). The van der Waals surface area contributed by atoms with Crippen LogP contribution in [-0.2, 0) is 0 Å². The van der Waals surface area contributed by atoms with Crippen LogP contribution < -0.4 is 0 Å². The average molecular weight is 663 g/mol. The van der Waals surface area contributed by atoms with E-state index in [9.17, 15) is 0 Å². The minimum atomic E-state index is 0.807. The summed E-state index contributed by atoms with van der Waals surface area (Å²) in [5.41, 5.74) is 10.5. The normalized spacial score (nSPS) is 11.8. The van der Waals surface area contributed by atoms with E-state index in [0.29, 0.717) is 0 Å². The number of furan rings is 2. The Morgan fingerprint density at radius 2 is 0.788 bits per heavy atom. The van der Waals surface area contributed by atoms with Crippen LogP contribution in [0.1, 0.15) is 0 Å². The molecule has 0 unspecified atom stereocenters. The predicted molar refractivity (Wildman–Crippen MR) is 218 cm³/mol. The Morgan fingerprint density at radius 1 is 0.288 bits per heavy atom. The van der Waals surface area contributed by atoms with Crippen LogP contribution in [0.25, 0.3) is 110 Å². The molecule has 9 aromatic carbocycles. The minimum Gasteiger partial charge on any atom is -0.455 e. The summed E-state index contributed by atoms with van der Waals surface area (Å²) in [5.74, 6) is 0.865. The van der Waals surface area contributed by atoms with Gasteiger partial charge in [-0.1, -0.05) is 170 Å². The molecular weight excluding hydrogens is 633 g/mol. The van der Waals surface area contributed by atoms with E-state index in [-0.39, 0.29) is 0 Å².